The Bertz CT molecular complexity index is 779. The summed E-state index contributed by atoms with van der Waals surface area (Å²) in [6.07, 6.45) is 5.49. The summed E-state index contributed by atoms with van der Waals surface area (Å²) in [5.74, 6) is 2.52. The average Bonchev–Trinajstić information content (AvgIpc) is 3.28. The third kappa shape index (κ3) is 6.40. The molecule has 1 aromatic carbocycles. The summed E-state index contributed by atoms with van der Waals surface area (Å²) in [7, 11) is 0.414. The average molecular weight is 523 g/mol. The van der Waals surface area contributed by atoms with Gasteiger partial charge in [-0.05, 0) is 49.8 Å². The van der Waals surface area contributed by atoms with E-state index in [0.717, 1.165) is 29.9 Å². The fourth-order valence-corrected chi connectivity index (χ4v) is 5.26. The Hall–Kier alpha value is -1.23. The molecule has 1 aliphatic heterocycles. The maximum Gasteiger partial charge on any atom is 0.191 e. The van der Waals surface area contributed by atoms with E-state index in [4.69, 9.17) is 9.47 Å². The van der Waals surface area contributed by atoms with Gasteiger partial charge in [0.2, 0.25) is 0 Å². The van der Waals surface area contributed by atoms with Crippen LogP contribution in [0.5, 0.6) is 11.5 Å². The van der Waals surface area contributed by atoms with Gasteiger partial charge >= 0.3 is 0 Å². The van der Waals surface area contributed by atoms with Crippen LogP contribution in [0, 0.1) is 0 Å². The third-order valence-corrected chi connectivity index (χ3v) is 6.85. The van der Waals surface area contributed by atoms with Gasteiger partial charge in [-0.15, -0.1) is 24.0 Å². The van der Waals surface area contributed by atoms with E-state index < -0.39 is 9.84 Å². The molecule has 0 aromatic heterocycles. The van der Waals surface area contributed by atoms with Crippen LogP contribution >= 0.6 is 24.0 Å². The Kier molecular flexibility index (Phi) is 8.66. The van der Waals surface area contributed by atoms with Crippen molar-refractivity contribution in [2.24, 2.45) is 4.99 Å². The first-order chi connectivity index (χ1) is 13.0. The monoisotopic (exact) mass is 523 g/mol. The van der Waals surface area contributed by atoms with Crippen molar-refractivity contribution >= 4 is 39.8 Å². The lowest BCUT2D eigenvalue weighted by Crippen LogP contribution is -2.43. The molecule has 2 fully saturated rings. The number of nitrogens with zero attached hydrogens (tertiary/aromatic N) is 1. The number of guanidine groups is 1. The number of methoxy groups -OCH3 is 1. The minimum absolute atomic E-state index is 0. The molecular weight excluding hydrogens is 493 g/mol. The number of ether oxygens (including phenoxy) is 2. The van der Waals surface area contributed by atoms with E-state index in [2.05, 4.69) is 15.6 Å². The fourth-order valence-electron chi connectivity index (χ4n) is 3.59. The smallest absolute Gasteiger partial charge is 0.191 e. The molecule has 1 saturated carbocycles. The number of aliphatic imine (C=N–C) groups is 1. The van der Waals surface area contributed by atoms with Gasteiger partial charge < -0.3 is 20.1 Å². The third-order valence-electron chi connectivity index (χ3n) is 5.08. The van der Waals surface area contributed by atoms with Crippen LogP contribution in [0.15, 0.2) is 23.2 Å². The first-order valence-corrected chi connectivity index (χ1v) is 11.3. The summed E-state index contributed by atoms with van der Waals surface area (Å²) in [6, 6.07) is 5.82. The largest absolute Gasteiger partial charge is 0.493 e. The van der Waals surface area contributed by atoms with Gasteiger partial charge in [0.1, 0.15) is 0 Å². The Morgan fingerprint density at radius 1 is 1.21 bits per heavy atom. The van der Waals surface area contributed by atoms with Gasteiger partial charge in [-0.2, -0.15) is 0 Å². The summed E-state index contributed by atoms with van der Waals surface area (Å²) < 4.78 is 34.8. The molecule has 0 radical (unpaired) electrons. The SMILES string of the molecule is CN=C(NCc1ccc(OC)c(OC2CCCC2)c1)NC1CCS(=O)(=O)C1.I. The minimum atomic E-state index is -2.92. The molecule has 158 valence electrons. The Morgan fingerprint density at radius 3 is 2.57 bits per heavy atom. The molecule has 1 aliphatic carbocycles. The van der Waals surface area contributed by atoms with E-state index in [1.807, 2.05) is 18.2 Å². The highest BCUT2D eigenvalue weighted by Gasteiger charge is 2.28. The van der Waals surface area contributed by atoms with Crippen LogP contribution in [0.25, 0.3) is 0 Å². The van der Waals surface area contributed by atoms with E-state index >= 15 is 0 Å². The van der Waals surface area contributed by atoms with Crippen LogP contribution in [0.3, 0.4) is 0 Å². The molecule has 0 bridgehead atoms. The maximum atomic E-state index is 11.6. The second-order valence-electron chi connectivity index (χ2n) is 7.18. The molecule has 0 spiro atoms. The predicted octanol–water partition coefficient (Wildman–Crippen LogP) is 2.49. The number of halogens is 1. The van der Waals surface area contributed by atoms with E-state index in [0.29, 0.717) is 18.9 Å². The lowest BCUT2D eigenvalue weighted by Gasteiger charge is -2.18. The number of nitrogens with one attached hydrogen (secondary N) is 2. The second kappa shape index (κ2) is 10.5. The lowest BCUT2D eigenvalue weighted by molar-refractivity contribution is 0.200. The standard InChI is InChI=1S/C19H29N3O4S.HI/c1-20-19(22-15-9-10-27(23,24)13-15)21-12-14-7-8-17(25-2)18(11-14)26-16-5-3-4-6-16;/h7-8,11,15-16H,3-6,9-10,12-13H2,1-2H3,(H2,20,21,22);1H. The highest BCUT2D eigenvalue weighted by atomic mass is 127. The van der Waals surface area contributed by atoms with Gasteiger partial charge in [-0.25, -0.2) is 8.42 Å². The van der Waals surface area contributed by atoms with Gasteiger partial charge in [0.15, 0.2) is 27.3 Å². The van der Waals surface area contributed by atoms with Crippen molar-refractivity contribution in [2.75, 3.05) is 25.7 Å². The molecule has 0 amide bonds. The number of sulfone groups is 1. The maximum absolute atomic E-state index is 11.6. The van der Waals surface area contributed by atoms with Crippen molar-refractivity contribution < 1.29 is 17.9 Å². The molecule has 7 nitrogen and oxygen atoms in total. The lowest BCUT2D eigenvalue weighted by atomic mass is 10.2. The van der Waals surface area contributed by atoms with Crippen LogP contribution in [0.4, 0.5) is 0 Å². The molecule has 28 heavy (non-hydrogen) atoms. The van der Waals surface area contributed by atoms with Crippen molar-refractivity contribution in [1.82, 2.24) is 10.6 Å². The first kappa shape index (κ1) is 23.1. The topological polar surface area (TPSA) is 89.0 Å². The minimum Gasteiger partial charge on any atom is -0.493 e. The zero-order chi connectivity index (χ0) is 19.3. The Labute approximate surface area is 184 Å². The quantitative estimate of drug-likeness (QED) is 0.339. The van der Waals surface area contributed by atoms with Crippen molar-refractivity contribution in [3.8, 4) is 11.5 Å². The van der Waals surface area contributed by atoms with Crippen LogP contribution in [-0.4, -0.2) is 52.2 Å². The van der Waals surface area contributed by atoms with Crippen molar-refractivity contribution in [3.63, 3.8) is 0 Å². The molecule has 1 unspecified atom stereocenters. The molecule has 1 aromatic rings. The normalized spacial score (nSPS) is 21.8. The highest BCUT2D eigenvalue weighted by molar-refractivity contribution is 14.0. The van der Waals surface area contributed by atoms with Gasteiger partial charge in [0.05, 0.1) is 24.7 Å². The fraction of sp³-hybridized carbons (Fsp3) is 0.632. The van der Waals surface area contributed by atoms with E-state index in [9.17, 15) is 8.42 Å². The van der Waals surface area contributed by atoms with Gasteiger partial charge in [-0.1, -0.05) is 6.07 Å². The number of hydrogen-bond acceptors (Lipinski definition) is 5. The molecule has 3 rings (SSSR count). The van der Waals surface area contributed by atoms with E-state index in [1.54, 1.807) is 14.2 Å². The van der Waals surface area contributed by atoms with Crippen LogP contribution < -0.4 is 20.1 Å². The summed E-state index contributed by atoms with van der Waals surface area (Å²) in [6.45, 7) is 0.560. The van der Waals surface area contributed by atoms with Crippen LogP contribution in [0.2, 0.25) is 0 Å². The number of benzene rings is 1. The number of rotatable bonds is 6. The molecular formula is C19H30IN3O4S. The molecule has 2 aliphatic rings. The molecule has 1 atom stereocenters. The van der Waals surface area contributed by atoms with Crippen molar-refractivity contribution in [2.45, 2.75) is 50.8 Å². The van der Waals surface area contributed by atoms with Gasteiger partial charge in [0.25, 0.3) is 0 Å². The first-order valence-electron chi connectivity index (χ1n) is 9.50. The predicted molar refractivity (Wildman–Crippen MR) is 122 cm³/mol. The molecule has 1 saturated heterocycles. The van der Waals surface area contributed by atoms with Gasteiger partial charge in [-0.3, -0.25) is 4.99 Å². The Morgan fingerprint density at radius 2 is 1.96 bits per heavy atom. The molecule has 2 N–H and O–H groups in total. The number of hydrogen-bond donors (Lipinski definition) is 2. The van der Waals surface area contributed by atoms with Crippen LogP contribution in [-0.2, 0) is 16.4 Å². The zero-order valence-corrected chi connectivity index (χ0v) is 19.6. The molecule has 1 heterocycles. The summed E-state index contributed by atoms with van der Waals surface area (Å²) in [5.41, 5.74) is 1.05. The van der Waals surface area contributed by atoms with E-state index in [1.165, 1.54) is 12.8 Å². The van der Waals surface area contributed by atoms with E-state index in [-0.39, 0.29) is 47.6 Å². The summed E-state index contributed by atoms with van der Waals surface area (Å²) in [5, 5.41) is 6.44. The van der Waals surface area contributed by atoms with Crippen molar-refractivity contribution in [3.05, 3.63) is 23.8 Å². The summed E-state index contributed by atoms with van der Waals surface area (Å²) >= 11 is 0. The zero-order valence-electron chi connectivity index (χ0n) is 16.4. The van der Waals surface area contributed by atoms with Crippen molar-refractivity contribution in [1.29, 1.82) is 0 Å². The second-order valence-corrected chi connectivity index (χ2v) is 9.41. The molecule has 9 heteroatoms. The highest BCUT2D eigenvalue weighted by Crippen LogP contribution is 2.32. The Balaban J connectivity index is 0.00000280. The van der Waals surface area contributed by atoms with Gasteiger partial charge in [0, 0.05) is 19.6 Å². The van der Waals surface area contributed by atoms with Crippen LogP contribution in [0.1, 0.15) is 37.7 Å². The summed E-state index contributed by atoms with van der Waals surface area (Å²) in [4.78, 5) is 4.20.